The standard InChI is InChI=1S/C27H21ClN2O6S/c28-19-5-1-18(2-6-19)16-36-21-8-3-17(4-9-21)13-24-26(32)30(27(33)37-24)15-25(31)29-20-7-10-22-23(14-20)35-12-11-34-22/h1-10,13-14H,11-12,15-16H2,(H,29,31)/b24-13+. The van der Waals surface area contributed by atoms with E-state index >= 15 is 0 Å². The van der Waals surface area contributed by atoms with E-state index in [2.05, 4.69) is 5.32 Å². The molecule has 0 saturated carbocycles. The normalized spacial score (nSPS) is 15.7. The maximum atomic E-state index is 12.8. The van der Waals surface area contributed by atoms with Crippen molar-refractivity contribution >= 4 is 52.2 Å². The minimum absolute atomic E-state index is 0.243. The van der Waals surface area contributed by atoms with E-state index in [0.29, 0.717) is 47.8 Å². The van der Waals surface area contributed by atoms with Gasteiger partial charge in [0.05, 0.1) is 4.91 Å². The van der Waals surface area contributed by atoms with Crippen LogP contribution >= 0.6 is 23.4 Å². The highest BCUT2D eigenvalue weighted by Gasteiger charge is 2.36. The van der Waals surface area contributed by atoms with Gasteiger partial charge >= 0.3 is 0 Å². The number of benzene rings is 3. The molecule has 37 heavy (non-hydrogen) atoms. The summed E-state index contributed by atoms with van der Waals surface area (Å²) < 4.78 is 16.8. The lowest BCUT2D eigenvalue weighted by atomic mass is 10.2. The number of halogens is 1. The Morgan fingerprint density at radius 2 is 1.73 bits per heavy atom. The van der Waals surface area contributed by atoms with E-state index in [4.69, 9.17) is 25.8 Å². The number of thioether (sulfide) groups is 1. The monoisotopic (exact) mass is 536 g/mol. The Hall–Kier alpha value is -3.95. The van der Waals surface area contributed by atoms with Crippen molar-refractivity contribution in [3.63, 3.8) is 0 Å². The number of rotatable bonds is 7. The maximum absolute atomic E-state index is 12.8. The van der Waals surface area contributed by atoms with Gasteiger partial charge in [-0.05, 0) is 65.4 Å². The molecule has 3 aromatic rings. The van der Waals surface area contributed by atoms with E-state index in [1.54, 1.807) is 60.7 Å². The van der Waals surface area contributed by atoms with Gasteiger partial charge in [0.25, 0.3) is 11.1 Å². The predicted octanol–water partition coefficient (Wildman–Crippen LogP) is 5.37. The zero-order valence-electron chi connectivity index (χ0n) is 19.4. The molecule has 0 radical (unpaired) electrons. The minimum atomic E-state index is -0.518. The Bertz CT molecular complexity index is 1370. The van der Waals surface area contributed by atoms with Crippen molar-refractivity contribution in [2.45, 2.75) is 6.61 Å². The molecule has 0 bridgehead atoms. The number of amides is 3. The molecule has 1 saturated heterocycles. The van der Waals surface area contributed by atoms with Gasteiger partial charge in [0.1, 0.15) is 32.1 Å². The minimum Gasteiger partial charge on any atom is -0.489 e. The molecule has 3 amide bonds. The second kappa shape index (κ2) is 11.0. The quantitative estimate of drug-likeness (QED) is 0.406. The van der Waals surface area contributed by atoms with Crippen LogP contribution in [0.3, 0.4) is 0 Å². The molecule has 2 heterocycles. The molecule has 0 aliphatic carbocycles. The third-order valence-corrected chi connectivity index (χ3v) is 6.66. The number of nitrogens with zero attached hydrogens (tertiary/aromatic N) is 1. The third kappa shape index (κ3) is 6.07. The van der Waals surface area contributed by atoms with Crippen LogP contribution in [0.2, 0.25) is 5.02 Å². The highest BCUT2D eigenvalue weighted by atomic mass is 35.5. The Labute approximate surface area is 222 Å². The smallest absolute Gasteiger partial charge is 0.294 e. The number of hydrogen-bond donors (Lipinski definition) is 1. The highest BCUT2D eigenvalue weighted by molar-refractivity contribution is 8.18. The first kappa shape index (κ1) is 24.7. The zero-order valence-corrected chi connectivity index (χ0v) is 21.0. The lowest BCUT2D eigenvalue weighted by Gasteiger charge is -2.19. The molecule has 2 aliphatic rings. The van der Waals surface area contributed by atoms with E-state index < -0.39 is 23.6 Å². The molecule has 10 heteroatoms. The number of ether oxygens (including phenoxy) is 3. The second-order valence-corrected chi connectivity index (χ2v) is 9.59. The topological polar surface area (TPSA) is 94.2 Å². The van der Waals surface area contributed by atoms with Crippen molar-refractivity contribution in [1.82, 2.24) is 4.90 Å². The summed E-state index contributed by atoms with van der Waals surface area (Å²) in [5, 5.41) is 2.85. The van der Waals surface area contributed by atoms with Gasteiger partial charge in [-0.2, -0.15) is 0 Å². The van der Waals surface area contributed by atoms with Crippen molar-refractivity contribution in [2.24, 2.45) is 0 Å². The molecule has 1 N–H and O–H groups in total. The molecule has 0 atom stereocenters. The summed E-state index contributed by atoms with van der Waals surface area (Å²) in [5.74, 6) is 0.773. The second-order valence-electron chi connectivity index (χ2n) is 8.16. The number of fused-ring (bicyclic) bond motifs is 1. The fourth-order valence-corrected chi connectivity index (χ4v) is 4.62. The maximum Gasteiger partial charge on any atom is 0.294 e. The van der Waals surface area contributed by atoms with Crippen molar-refractivity contribution in [1.29, 1.82) is 0 Å². The molecule has 1 fully saturated rings. The van der Waals surface area contributed by atoms with Crippen LogP contribution in [0.4, 0.5) is 10.5 Å². The van der Waals surface area contributed by atoms with Crippen LogP contribution in [0, 0.1) is 0 Å². The summed E-state index contributed by atoms with van der Waals surface area (Å²) in [6.07, 6.45) is 1.62. The molecule has 0 unspecified atom stereocenters. The van der Waals surface area contributed by atoms with E-state index in [-0.39, 0.29) is 4.91 Å². The van der Waals surface area contributed by atoms with Crippen molar-refractivity contribution in [3.05, 3.63) is 87.8 Å². The molecule has 8 nitrogen and oxygen atoms in total. The van der Waals surface area contributed by atoms with Crippen LogP contribution < -0.4 is 19.5 Å². The first-order chi connectivity index (χ1) is 17.9. The van der Waals surface area contributed by atoms with Crippen LogP contribution in [0.5, 0.6) is 17.2 Å². The van der Waals surface area contributed by atoms with Crippen LogP contribution in [-0.4, -0.2) is 41.7 Å². The average molecular weight is 537 g/mol. The van der Waals surface area contributed by atoms with Crippen molar-refractivity contribution in [3.8, 4) is 17.2 Å². The Balaban J connectivity index is 1.17. The van der Waals surface area contributed by atoms with Gasteiger partial charge in [-0.15, -0.1) is 0 Å². The van der Waals surface area contributed by atoms with Crippen molar-refractivity contribution < 1.29 is 28.6 Å². The molecule has 3 aromatic carbocycles. The average Bonchev–Trinajstić information content (AvgIpc) is 3.16. The van der Waals surface area contributed by atoms with Gasteiger partial charge in [0.15, 0.2) is 11.5 Å². The van der Waals surface area contributed by atoms with Crippen LogP contribution in [0.25, 0.3) is 6.08 Å². The summed E-state index contributed by atoms with van der Waals surface area (Å²) in [6.45, 7) is 0.887. The summed E-state index contributed by atoms with van der Waals surface area (Å²) in [5.41, 5.74) is 2.19. The summed E-state index contributed by atoms with van der Waals surface area (Å²) in [6, 6.07) is 19.6. The number of nitrogens with one attached hydrogen (secondary N) is 1. The Morgan fingerprint density at radius 1 is 1.00 bits per heavy atom. The molecular formula is C27H21ClN2O6S. The van der Waals surface area contributed by atoms with Gasteiger partial charge in [-0.3, -0.25) is 19.3 Å². The van der Waals surface area contributed by atoms with Gasteiger partial charge in [0.2, 0.25) is 5.91 Å². The third-order valence-electron chi connectivity index (χ3n) is 5.50. The molecule has 0 spiro atoms. The first-order valence-electron chi connectivity index (χ1n) is 11.4. The number of imide groups is 1. The Morgan fingerprint density at radius 3 is 2.49 bits per heavy atom. The van der Waals surface area contributed by atoms with Gasteiger partial charge in [-0.25, -0.2) is 0 Å². The molecule has 188 valence electrons. The van der Waals surface area contributed by atoms with Gasteiger partial charge in [0, 0.05) is 16.8 Å². The van der Waals surface area contributed by atoms with Gasteiger partial charge < -0.3 is 19.5 Å². The van der Waals surface area contributed by atoms with E-state index in [1.807, 2.05) is 12.1 Å². The molecular weight excluding hydrogens is 516 g/mol. The van der Waals surface area contributed by atoms with E-state index in [0.717, 1.165) is 27.8 Å². The van der Waals surface area contributed by atoms with E-state index in [1.165, 1.54) is 0 Å². The SMILES string of the molecule is O=C(CN1C(=O)S/C(=C/c2ccc(OCc3ccc(Cl)cc3)cc2)C1=O)Nc1ccc2c(c1)OCCO2. The number of hydrogen-bond acceptors (Lipinski definition) is 7. The van der Waals surface area contributed by atoms with Crippen LogP contribution in [-0.2, 0) is 16.2 Å². The summed E-state index contributed by atoms with van der Waals surface area (Å²) >= 11 is 6.70. The zero-order chi connectivity index (χ0) is 25.8. The number of carbonyl (C=O) groups is 3. The van der Waals surface area contributed by atoms with Crippen LogP contribution in [0.15, 0.2) is 71.6 Å². The van der Waals surface area contributed by atoms with Gasteiger partial charge in [-0.1, -0.05) is 35.9 Å². The summed E-state index contributed by atoms with van der Waals surface area (Å²) in [7, 11) is 0. The van der Waals surface area contributed by atoms with Crippen molar-refractivity contribution in [2.75, 3.05) is 25.1 Å². The predicted molar refractivity (Wildman–Crippen MR) is 141 cm³/mol. The molecule has 0 aromatic heterocycles. The van der Waals surface area contributed by atoms with Crippen LogP contribution in [0.1, 0.15) is 11.1 Å². The lowest BCUT2D eigenvalue weighted by Crippen LogP contribution is -2.36. The fourth-order valence-electron chi connectivity index (χ4n) is 3.66. The molecule has 2 aliphatic heterocycles. The summed E-state index contributed by atoms with van der Waals surface area (Å²) in [4.78, 5) is 39.0. The largest absolute Gasteiger partial charge is 0.489 e. The number of carbonyl (C=O) groups excluding carboxylic acids is 3. The first-order valence-corrected chi connectivity index (χ1v) is 12.6. The number of anilines is 1. The van der Waals surface area contributed by atoms with E-state index in [9.17, 15) is 14.4 Å². The lowest BCUT2D eigenvalue weighted by molar-refractivity contribution is -0.127. The Kier molecular flexibility index (Phi) is 7.34. The molecule has 5 rings (SSSR count). The fraction of sp³-hybridized carbons (Fsp3) is 0.148. The highest BCUT2D eigenvalue weighted by Crippen LogP contribution is 2.34.